The summed E-state index contributed by atoms with van der Waals surface area (Å²) in [5.41, 5.74) is 7.14. The summed E-state index contributed by atoms with van der Waals surface area (Å²) in [7, 11) is 0. The Morgan fingerprint density at radius 3 is 2.38 bits per heavy atom. The van der Waals surface area contributed by atoms with E-state index >= 15 is 0 Å². The van der Waals surface area contributed by atoms with E-state index in [1.54, 1.807) is 12.1 Å². The molecule has 1 aromatic carbocycles. The number of aliphatic hydroxyl groups excluding tert-OH is 1. The standard InChI is InChI=1S/C10H13NO2/c11-5-10(7-13)9-3-1-8(6-12)2-4-9/h1-4,7,10,12H,5-6,11H2. The molecule has 0 radical (unpaired) electrons. The molecule has 3 N–H and O–H groups in total. The van der Waals surface area contributed by atoms with E-state index in [2.05, 4.69) is 0 Å². The largest absolute Gasteiger partial charge is 0.392 e. The first kappa shape index (κ1) is 9.89. The highest BCUT2D eigenvalue weighted by molar-refractivity contribution is 5.62. The molecule has 0 aliphatic heterocycles. The van der Waals surface area contributed by atoms with Crippen LogP contribution in [0.1, 0.15) is 17.0 Å². The predicted octanol–water partition coefficient (Wildman–Crippen LogP) is 0.420. The van der Waals surface area contributed by atoms with Crippen molar-refractivity contribution in [1.29, 1.82) is 0 Å². The van der Waals surface area contributed by atoms with Gasteiger partial charge in [-0.05, 0) is 11.1 Å². The number of aliphatic hydroxyl groups is 1. The Hall–Kier alpha value is -1.19. The number of benzene rings is 1. The Bertz CT molecular complexity index is 269. The van der Waals surface area contributed by atoms with E-state index in [0.717, 1.165) is 17.4 Å². The van der Waals surface area contributed by atoms with Gasteiger partial charge in [0.15, 0.2) is 0 Å². The fourth-order valence-electron chi connectivity index (χ4n) is 1.14. The third-order valence-electron chi connectivity index (χ3n) is 2.01. The quantitative estimate of drug-likeness (QED) is 0.658. The molecular weight excluding hydrogens is 166 g/mol. The number of rotatable bonds is 4. The van der Waals surface area contributed by atoms with E-state index in [1.165, 1.54) is 0 Å². The highest BCUT2D eigenvalue weighted by atomic mass is 16.3. The van der Waals surface area contributed by atoms with Crippen LogP contribution in [0.15, 0.2) is 24.3 Å². The van der Waals surface area contributed by atoms with Crippen LogP contribution < -0.4 is 5.73 Å². The van der Waals surface area contributed by atoms with E-state index in [9.17, 15) is 4.79 Å². The first-order chi connectivity index (χ1) is 6.31. The van der Waals surface area contributed by atoms with Gasteiger partial charge in [0.05, 0.1) is 12.5 Å². The van der Waals surface area contributed by atoms with Gasteiger partial charge in [0.2, 0.25) is 0 Å². The molecule has 0 spiro atoms. The smallest absolute Gasteiger partial charge is 0.128 e. The van der Waals surface area contributed by atoms with Crippen LogP contribution in [0.2, 0.25) is 0 Å². The second-order valence-electron chi connectivity index (χ2n) is 2.88. The zero-order chi connectivity index (χ0) is 9.68. The monoisotopic (exact) mass is 179 g/mol. The Morgan fingerprint density at radius 2 is 2.00 bits per heavy atom. The normalized spacial score (nSPS) is 12.5. The molecule has 0 aromatic heterocycles. The van der Waals surface area contributed by atoms with E-state index < -0.39 is 0 Å². The zero-order valence-corrected chi connectivity index (χ0v) is 7.31. The predicted molar refractivity (Wildman–Crippen MR) is 50.2 cm³/mol. The number of carbonyl (C=O) groups excluding carboxylic acids is 1. The Balaban J connectivity index is 2.83. The molecule has 0 heterocycles. The topological polar surface area (TPSA) is 63.3 Å². The van der Waals surface area contributed by atoms with Crippen molar-refractivity contribution < 1.29 is 9.90 Å². The minimum absolute atomic E-state index is 0.0225. The lowest BCUT2D eigenvalue weighted by Crippen LogP contribution is -2.13. The van der Waals surface area contributed by atoms with E-state index in [1.807, 2.05) is 12.1 Å². The summed E-state index contributed by atoms with van der Waals surface area (Å²) < 4.78 is 0. The van der Waals surface area contributed by atoms with Crippen LogP contribution in [0.25, 0.3) is 0 Å². The van der Waals surface area contributed by atoms with Crippen molar-refractivity contribution in [3.05, 3.63) is 35.4 Å². The molecule has 0 fully saturated rings. The van der Waals surface area contributed by atoms with Crippen LogP contribution in [-0.4, -0.2) is 17.9 Å². The van der Waals surface area contributed by atoms with Crippen LogP contribution in [-0.2, 0) is 11.4 Å². The number of carbonyl (C=O) groups is 1. The van der Waals surface area contributed by atoms with E-state index in [0.29, 0.717) is 6.54 Å². The fraction of sp³-hybridized carbons (Fsp3) is 0.300. The molecule has 70 valence electrons. The van der Waals surface area contributed by atoms with Gasteiger partial charge in [0, 0.05) is 6.54 Å². The minimum atomic E-state index is -0.229. The van der Waals surface area contributed by atoms with Crippen molar-refractivity contribution in [2.75, 3.05) is 6.54 Å². The van der Waals surface area contributed by atoms with Crippen molar-refractivity contribution in [2.45, 2.75) is 12.5 Å². The maximum absolute atomic E-state index is 10.6. The lowest BCUT2D eigenvalue weighted by molar-refractivity contribution is -0.108. The van der Waals surface area contributed by atoms with Gasteiger partial charge in [-0.3, -0.25) is 0 Å². The van der Waals surface area contributed by atoms with E-state index in [-0.39, 0.29) is 12.5 Å². The van der Waals surface area contributed by atoms with Gasteiger partial charge in [-0.15, -0.1) is 0 Å². The number of hydrogen-bond acceptors (Lipinski definition) is 3. The molecule has 0 bridgehead atoms. The van der Waals surface area contributed by atoms with Gasteiger partial charge in [0.25, 0.3) is 0 Å². The molecule has 0 aliphatic carbocycles. The van der Waals surface area contributed by atoms with Gasteiger partial charge < -0.3 is 15.6 Å². The van der Waals surface area contributed by atoms with Gasteiger partial charge in [-0.25, -0.2) is 0 Å². The number of hydrogen-bond donors (Lipinski definition) is 2. The fourth-order valence-corrected chi connectivity index (χ4v) is 1.14. The molecule has 3 nitrogen and oxygen atoms in total. The van der Waals surface area contributed by atoms with Crippen LogP contribution >= 0.6 is 0 Å². The number of nitrogens with two attached hydrogens (primary N) is 1. The molecule has 0 saturated heterocycles. The molecule has 1 rings (SSSR count). The molecule has 1 unspecified atom stereocenters. The van der Waals surface area contributed by atoms with Gasteiger partial charge in [-0.2, -0.15) is 0 Å². The van der Waals surface area contributed by atoms with Crippen molar-refractivity contribution in [1.82, 2.24) is 0 Å². The highest BCUT2D eigenvalue weighted by Crippen LogP contribution is 2.13. The molecule has 3 heteroatoms. The lowest BCUT2D eigenvalue weighted by atomic mass is 10.00. The maximum Gasteiger partial charge on any atom is 0.128 e. The average molecular weight is 179 g/mol. The third kappa shape index (κ3) is 2.37. The maximum atomic E-state index is 10.6. The van der Waals surface area contributed by atoms with Crippen molar-refractivity contribution in [2.24, 2.45) is 5.73 Å². The molecule has 0 aliphatic rings. The Kier molecular flexibility index (Phi) is 3.61. The molecule has 13 heavy (non-hydrogen) atoms. The van der Waals surface area contributed by atoms with E-state index in [4.69, 9.17) is 10.8 Å². The molecule has 1 aromatic rings. The zero-order valence-electron chi connectivity index (χ0n) is 7.31. The first-order valence-electron chi connectivity index (χ1n) is 4.17. The van der Waals surface area contributed by atoms with Gasteiger partial charge in [0.1, 0.15) is 6.29 Å². The van der Waals surface area contributed by atoms with Gasteiger partial charge >= 0.3 is 0 Å². The molecule has 0 amide bonds. The third-order valence-corrected chi connectivity index (χ3v) is 2.01. The first-order valence-corrected chi connectivity index (χ1v) is 4.17. The second-order valence-corrected chi connectivity index (χ2v) is 2.88. The van der Waals surface area contributed by atoms with Crippen molar-refractivity contribution in [3.63, 3.8) is 0 Å². The summed E-state index contributed by atoms with van der Waals surface area (Å²) in [6.45, 7) is 0.344. The van der Waals surface area contributed by atoms with Crippen molar-refractivity contribution in [3.8, 4) is 0 Å². The summed E-state index contributed by atoms with van der Waals surface area (Å²) in [4.78, 5) is 10.6. The lowest BCUT2D eigenvalue weighted by Gasteiger charge is -2.07. The van der Waals surface area contributed by atoms with Crippen LogP contribution in [0, 0.1) is 0 Å². The average Bonchev–Trinajstić information content (AvgIpc) is 2.21. The van der Waals surface area contributed by atoms with Crippen LogP contribution in [0.4, 0.5) is 0 Å². The second kappa shape index (κ2) is 4.74. The SMILES string of the molecule is NCC(C=O)c1ccc(CO)cc1. The van der Waals surface area contributed by atoms with Crippen LogP contribution in [0.3, 0.4) is 0 Å². The summed E-state index contributed by atoms with van der Waals surface area (Å²) >= 11 is 0. The van der Waals surface area contributed by atoms with Gasteiger partial charge in [-0.1, -0.05) is 24.3 Å². The molecule has 0 saturated carbocycles. The summed E-state index contributed by atoms with van der Waals surface area (Å²) in [5, 5.41) is 8.79. The summed E-state index contributed by atoms with van der Waals surface area (Å²) in [6, 6.07) is 7.22. The van der Waals surface area contributed by atoms with Crippen molar-refractivity contribution >= 4 is 6.29 Å². The highest BCUT2D eigenvalue weighted by Gasteiger charge is 2.06. The Morgan fingerprint density at radius 1 is 1.38 bits per heavy atom. The molecular formula is C10H13NO2. The summed E-state index contributed by atoms with van der Waals surface area (Å²) in [6.07, 6.45) is 0.841. The molecule has 1 atom stereocenters. The number of aldehydes is 1. The Labute approximate surface area is 77.2 Å². The minimum Gasteiger partial charge on any atom is -0.392 e. The summed E-state index contributed by atoms with van der Waals surface area (Å²) in [5.74, 6) is -0.229. The van der Waals surface area contributed by atoms with Crippen LogP contribution in [0.5, 0.6) is 0 Å².